The van der Waals surface area contributed by atoms with Crippen molar-refractivity contribution in [3.8, 4) is 11.5 Å². The third kappa shape index (κ3) is 4.87. The molecule has 19 heavy (non-hydrogen) atoms. The van der Waals surface area contributed by atoms with E-state index in [0.717, 1.165) is 25.1 Å². The van der Waals surface area contributed by atoms with E-state index in [9.17, 15) is 0 Å². The van der Waals surface area contributed by atoms with Gasteiger partial charge in [0.05, 0.1) is 32.2 Å². The zero-order valence-corrected chi connectivity index (χ0v) is 12.0. The van der Waals surface area contributed by atoms with Crippen LogP contribution in [0.3, 0.4) is 0 Å². The van der Waals surface area contributed by atoms with Crippen LogP contribution in [0.5, 0.6) is 11.5 Å². The molecule has 1 aromatic carbocycles. The highest BCUT2D eigenvalue weighted by atomic mass is 16.5. The number of anilines is 2. The fourth-order valence-electron chi connectivity index (χ4n) is 1.65. The maximum atomic E-state index is 5.94. The van der Waals surface area contributed by atoms with Crippen LogP contribution < -0.4 is 20.5 Å². The summed E-state index contributed by atoms with van der Waals surface area (Å²) in [7, 11) is 3.19. The lowest BCUT2D eigenvalue weighted by atomic mass is 10.2. The number of hydrogen-bond donors (Lipinski definition) is 2. The van der Waals surface area contributed by atoms with E-state index in [-0.39, 0.29) is 0 Å². The number of nitrogens with two attached hydrogens (primary N) is 1. The summed E-state index contributed by atoms with van der Waals surface area (Å²) >= 11 is 0. The van der Waals surface area contributed by atoms with Gasteiger partial charge in [-0.15, -0.1) is 0 Å². The molecule has 0 radical (unpaired) electrons. The minimum Gasteiger partial charge on any atom is -0.493 e. The van der Waals surface area contributed by atoms with Gasteiger partial charge in [0.1, 0.15) is 0 Å². The molecule has 0 amide bonds. The molecular formula is C14H24N2O3. The van der Waals surface area contributed by atoms with E-state index in [0.29, 0.717) is 30.3 Å². The Morgan fingerprint density at radius 1 is 1.11 bits per heavy atom. The molecular weight excluding hydrogens is 244 g/mol. The fraction of sp³-hybridized carbons (Fsp3) is 0.571. The Bertz CT molecular complexity index is 383. The van der Waals surface area contributed by atoms with E-state index in [1.807, 2.05) is 6.07 Å². The maximum absolute atomic E-state index is 5.94. The molecule has 0 fully saturated rings. The van der Waals surface area contributed by atoms with Crippen molar-refractivity contribution < 1.29 is 14.2 Å². The molecule has 1 aromatic rings. The Kier molecular flexibility index (Phi) is 6.89. The molecule has 5 heteroatoms. The molecule has 0 aliphatic heterocycles. The first-order valence-corrected chi connectivity index (χ1v) is 6.56. The number of unbranched alkanes of at least 4 members (excludes halogenated alkanes) is 1. The minimum atomic E-state index is 0.629. The van der Waals surface area contributed by atoms with Crippen molar-refractivity contribution in [2.45, 2.75) is 19.8 Å². The summed E-state index contributed by atoms with van der Waals surface area (Å²) in [5.41, 5.74) is 7.41. The van der Waals surface area contributed by atoms with Gasteiger partial charge in [-0.2, -0.15) is 0 Å². The molecule has 0 heterocycles. The molecule has 0 aromatic heterocycles. The quantitative estimate of drug-likeness (QED) is 0.532. The Morgan fingerprint density at radius 3 is 2.42 bits per heavy atom. The zero-order chi connectivity index (χ0) is 14.1. The van der Waals surface area contributed by atoms with Gasteiger partial charge < -0.3 is 25.3 Å². The van der Waals surface area contributed by atoms with Gasteiger partial charge in [-0.3, -0.25) is 0 Å². The topological polar surface area (TPSA) is 65.7 Å². The van der Waals surface area contributed by atoms with Crippen LogP contribution in [-0.4, -0.2) is 34.0 Å². The van der Waals surface area contributed by atoms with Gasteiger partial charge in [0, 0.05) is 25.3 Å². The van der Waals surface area contributed by atoms with Crippen LogP contribution in [0.25, 0.3) is 0 Å². The highest BCUT2D eigenvalue weighted by molar-refractivity contribution is 5.72. The number of ether oxygens (including phenoxy) is 3. The van der Waals surface area contributed by atoms with Gasteiger partial charge in [0.15, 0.2) is 11.5 Å². The Labute approximate surface area is 115 Å². The van der Waals surface area contributed by atoms with Crippen molar-refractivity contribution in [2.24, 2.45) is 0 Å². The smallest absolute Gasteiger partial charge is 0.162 e. The van der Waals surface area contributed by atoms with Gasteiger partial charge in [-0.05, 0) is 6.42 Å². The lowest BCUT2D eigenvalue weighted by Crippen LogP contribution is -2.11. The molecule has 108 valence electrons. The number of nitrogen functional groups attached to an aromatic ring is 1. The number of benzene rings is 1. The van der Waals surface area contributed by atoms with Crippen LogP contribution in [0, 0.1) is 0 Å². The number of hydrogen-bond acceptors (Lipinski definition) is 5. The second-order valence-electron chi connectivity index (χ2n) is 4.19. The van der Waals surface area contributed by atoms with E-state index < -0.39 is 0 Å². The largest absolute Gasteiger partial charge is 0.493 e. The molecule has 3 N–H and O–H groups in total. The Morgan fingerprint density at radius 2 is 1.79 bits per heavy atom. The third-order valence-electron chi connectivity index (χ3n) is 2.76. The molecule has 0 spiro atoms. The lowest BCUT2D eigenvalue weighted by molar-refractivity contribution is 0.141. The predicted octanol–water partition coefficient (Wildman–Crippen LogP) is 2.51. The summed E-state index contributed by atoms with van der Waals surface area (Å²) in [6, 6.07) is 3.58. The van der Waals surface area contributed by atoms with Crippen molar-refractivity contribution in [1.29, 1.82) is 0 Å². The molecule has 0 aliphatic rings. The first kappa shape index (κ1) is 15.4. The van der Waals surface area contributed by atoms with Crippen molar-refractivity contribution in [3.05, 3.63) is 12.1 Å². The van der Waals surface area contributed by atoms with Gasteiger partial charge >= 0.3 is 0 Å². The average molecular weight is 268 g/mol. The van der Waals surface area contributed by atoms with E-state index >= 15 is 0 Å². The molecule has 1 rings (SSSR count). The number of nitrogens with one attached hydrogen (secondary N) is 1. The van der Waals surface area contributed by atoms with Crippen LogP contribution in [0.1, 0.15) is 19.8 Å². The van der Waals surface area contributed by atoms with Crippen LogP contribution >= 0.6 is 0 Å². The summed E-state index contributed by atoms with van der Waals surface area (Å²) in [5.74, 6) is 1.29. The van der Waals surface area contributed by atoms with Crippen molar-refractivity contribution >= 4 is 11.4 Å². The Hall–Kier alpha value is -1.62. The molecule has 0 bridgehead atoms. The molecule has 0 saturated heterocycles. The Balaban J connectivity index is 2.49. The van der Waals surface area contributed by atoms with Crippen LogP contribution in [0.4, 0.5) is 11.4 Å². The summed E-state index contributed by atoms with van der Waals surface area (Å²) in [6.45, 7) is 4.32. The van der Waals surface area contributed by atoms with Gasteiger partial charge in [-0.25, -0.2) is 0 Å². The molecule has 0 saturated carbocycles. The molecule has 5 nitrogen and oxygen atoms in total. The summed E-state index contributed by atoms with van der Waals surface area (Å²) in [6.07, 6.45) is 2.24. The highest BCUT2D eigenvalue weighted by Crippen LogP contribution is 2.34. The lowest BCUT2D eigenvalue weighted by Gasteiger charge is -2.14. The molecule has 0 unspecified atom stereocenters. The van der Waals surface area contributed by atoms with Crippen LogP contribution in [0.15, 0.2) is 12.1 Å². The van der Waals surface area contributed by atoms with Crippen LogP contribution in [0.2, 0.25) is 0 Å². The van der Waals surface area contributed by atoms with Gasteiger partial charge in [0.25, 0.3) is 0 Å². The van der Waals surface area contributed by atoms with E-state index in [4.69, 9.17) is 19.9 Å². The fourth-order valence-corrected chi connectivity index (χ4v) is 1.65. The normalized spacial score (nSPS) is 10.3. The second kappa shape index (κ2) is 8.48. The average Bonchev–Trinajstić information content (AvgIpc) is 2.43. The second-order valence-corrected chi connectivity index (χ2v) is 4.19. The third-order valence-corrected chi connectivity index (χ3v) is 2.76. The summed E-state index contributed by atoms with van der Waals surface area (Å²) < 4.78 is 15.9. The van der Waals surface area contributed by atoms with E-state index in [1.165, 1.54) is 0 Å². The molecule has 0 atom stereocenters. The van der Waals surface area contributed by atoms with E-state index in [2.05, 4.69) is 12.2 Å². The maximum Gasteiger partial charge on any atom is 0.162 e. The van der Waals surface area contributed by atoms with Crippen molar-refractivity contribution in [1.82, 2.24) is 0 Å². The first-order chi connectivity index (χ1) is 9.22. The number of methoxy groups -OCH3 is 2. The SMILES string of the molecule is CCCCOCCNc1cc(OC)c(OC)cc1N. The molecule has 0 aliphatic carbocycles. The standard InChI is InChI=1S/C14H24N2O3/c1-4-5-7-19-8-6-16-12-10-14(18-3)13(17-2)9-11(12)15/h9-10,16H,4-8,15H2,1-3H3. The predicted molar refractivity (Wildman–Crippen MR) is 78.2 cm³/mol. The minimum absolute atomic E-state index is 0.629. The highest BCUT2D eigenvalue weighted by Gasteiger charge is 2.08. The summed E-state index contributed by atoms with van der Waals surface area (Å²) in [4.78, 5) is 0. The van der Waals surface area contributed by atoms with Gasteiger partial charge in [-0.1, -0.05) is 13.3 Å². The van der Waals surface area contributed by atoms with Gasteiger partial charge in [0.2, 0.25) is 0 Å². The number of rotatable bonds is 9. The monoisotopic (exact) mass is 268 g/mol. The zero-order valence-electron chi connectivity index (χ0n) is 12.0. The van der Waals surface area contributed by atoms with Crippen LogP contribution in [-0.2, 0) is 4.74 Å². The summed E-state index contributed by atoms with van der Waals surface area (Å²) in [5, 5.41) is 3.23. The van der Waals surface area contributed by atoms with Crippen molar-refractivity contribution in [2.75, 3.05) is 45.0 Å². The van der Waals surface area contributed by atoms with E-state index in [1.54, 1.807) is 20.3 Å². The first-order valence-electron chi connectivity index (χ1n) is 6.56. The van der Waals surface area contributed by atoms with Crippen molar-refractivity contribution in [3.63, 3.8) is 0 Å².